The third-order valence-electron chi connectivity index (χ3n) is 3.15. The molecule has 2 unspecified atom stereocenters. The number of β-lactam (4-membered cyclic amide) rings is 1. The third kappa shape index (κ3) is 3.91. The minimum atomic E-state index is -0.602. The quantitative estimate of drug-likeness (QED) is 0.344. The van der Waals surface area contributed by atoms with Crippen LogP contribution in [0.5, 0.6) is 0 Å². The summed E-state index contributed by atoms with van der Waals surface area (Å²) in [5.41, 5.74) is -0.602. The second kappa shape index (κ2) is 7.04. The molecule has 1 rings (SSSR count). The average Bonchev–Trinajstić information content (AvgIpc) is 2.27. The summed E-state index contributed by atoms with van der Waals surface area (Å²) in [6, 6.07) is -0.0172. The van der Waals surface area contributed by atoms with Gasteiger partial charge < -0.3 is 24.6 Å². The number of aliphatic hydroxyl groups is 1. The smallest absolute Gasteiger partial charge is 0.228 e. The maximum absolute atomic E-state index is 11.6. The number of rotatable bonds is 9. The lowest BCUT2D eigenvalue weighted by atomic mass is 9.76. The van der Waals surface area contributed by atoms with Gasteiger partial charge in [0.1, 0.15) is 6.79 Å². The zero-order valence-corrected chi connectivity index (χ0v) is 11.3. The topological polar surface area (TPSA) is 77.0 Å². The molecule has 0 aromatic carbocycles. The van der Waals surface area contributed by atoms with Crippen molar-refractivity contribution in [3.63, 3.8) is 0 Å². The lowest BCUT2D eigenvalue weighted by molar-refractivity contribution is -0.180. The van der Waals surface area contributed by atoms with Gasteiger partial charge in [-0.2, -0.15) is 0 Å². The Morgan fingerprint density at radius 1 is 1.39 bits per heavy atom. The van der Waals surface area contributed by atoms with Crippen LogP contribution in [0, 0.1) is 5.92 Å². The first-order valence-corrected chi connectivity index (χ1v) is 6.15. The first-order chi connectivity index (χ1) is 8.53. The zero-order chi connectivity index (χ0) is 13.6. The molecule has 0 saturated carbocycles. The first-order valence-electron chi connectivity index (χ1n) is 6.15. The molecule has 1 saturated heterocycles. The highest BCUT2D eigenvalue weighted by molar-refractivity contribution is 5.87. The molecule has 0 aliphatic carbocycles. The van der Waals surface area contributed by atoms with Crippen molar-refractivity contribution in [1.29, 1.82) is 0 Å². The number of amides is 1. The summed E-state index contributed by atoms with van der Waals surface area (Å²) in [5, 5.41) is 11.7. The number of aliphatic hydroxyl groups excluding tert-OH is 1. The Balaban J connectivity index is 2.34. The van der Waals surface area contributed by atoms with E-state index >= 15 is 0 Å². The van der Waals surface area contributed by atoms with Crippen LogP contribution in [0.1, 0.15) is 20.3 Å². The zero-order valence-electron chi connectivity index (χ0n) is 11.3. The van der Waals surface area contributed by atoms with E-state index < -0.39 is 5.60 Å². The minimum absolute atomic E-state index is 0.0172. The van der Waals surface area contributed by atoms with Crippen molar-refractivity contribution in [3.8, 4) is 0 Å². The van der Waals surface area contributed by atoms with E-state index in [0.717, 1.165) is 0 Å². The Bertz CT molecular complexity index is 269. The molecule has 18 heavy (non-hydrogen) atoms. The summed E-state index contributed by atoms with van der Waals surface area (Å²) in [7, 11) is 1.60. The molecular weight excluding hydrogens is 238 g/mol. The van der Waals surface area contributed by atoms with E-state index in [0.29, 0.717) is 19.6 Å². The molecule has 2 N–H and O–H groups in total. The maximum atomic E-state index is 11.6. The number of hydrogen-bond donors (Lipinski definition) is 2. The van der Waals surface area contributed by atoms with Gasteiger partial charge in [0.2, 0.25) is 5.91 Å². The van der Waals surface area contributed by atoms with Gasteiger partial charge in [0.05, 0.1) is 24.7 Å². The number of carbonyl (C=O) groups excluding carboxylic acids is 1. The van der Waals surface area contributed by atoms with E-state index in [9.17, 15) is 4.79 Å². The highest BCUT2D eigenvalue weighted by Crippen LogP contribution is 2.32. The predicted octanol–water partition coefficient (Wildman–Crippen LogP) is -0.101. The molecule has 1 fully saturated rings. The van der Waals surface area contributed by atoms with Gasteiger partial charge in [-0.25, -0.2) is 0 Å². The second-order valence-electron chi connectivity index (χ2n) is 4.87. The van der Waals surface area contributed by atoms with Gasteiger partial charge in [0, 0.05) is 19.8 Å². The molecule has 2 atom stereocenters. The fourth-order valence-corrected chi connectivity index (χ4v) is 2.10. The van der Waals surface area contributed by atoms with Crippen molar-refractivity contribution in [2.75, 3.05) is 33.7 Å². The van der Waals surface area contributed by atoms with Crippen molar-refractivity contribution in [2.45, 2.75) is 31.9 Å². The summed E-state index contributed by atoms with van der Waals surface area (Å²) in [5.74, 6) is -0.272. The molecule has 0 bridgehead atoms. The van der Waals surface area contributed by atoms with E-state index in [1.807, 2.05) is 13.8 Å². The van der Waals surface area contributed by atoms with E-state index in [1.165, 1.54) is 0 Å². The molecule has 6 heteroatoms. The average molecular weight is 261 g/mol. The Hall–Kier alpha value is -0.690. The van der Waals surface area contributed by atoms with E-state index in [2.05, 4.69) is 5.32 Å². The van der Waals surface area contributed by atoms with Crippen molar-refractivity contribution >= 4 is 5.91 Å². The maximum Gasteiger partial charge on any atom is 0.228 e. The fraction of sp³-hybridized carbons (Fsp3) is 0.917. The minimum Gasteiger partial charge on any atom is -0.396 e. The standard InChI is InChI=1S/C12H23NO5/c1-12(2,18-8-17-7-6-16-3)10-9(4-5-14)13-11(10)15/h9-10,14H,4-8H2,1-3H3,(H,13,15). The van der Waals surface area contributed by atoms with Crippen LogP contribution in [0.4, 0.5) is 0 Å². The Morgan fingerprint density at radius 3 is 2.67 bits per heavy atom. The molecule has 106 valence electrons. The lowest BCUT2D eigenvalue weighted by Crippen LogP contribution is -2.66. The summed E-state index contributed by atoms with van der Waals surface area (Å²) in [4.78, 5) is 11.6. The van der Waals surface area contributed by atoms with Crippen molar-refractivity contribution in [3.05, 3.63) is 0 Å². The van der Waals surface area contributed by atoms with Crippen LogP contribution in [-0.4, -0.2) is 56.4 Å². The van der Waals surface area contributed by atoms with Gasteiger partial charge in [0.25, 0.3) is 0 Å². The predicted molar refractivity (Wildman–Crippen MR) is 65.0 cm³/mol. The molecule has 0 radical (unpaired) electrons. The first kappa shape index (κ1) is 15.4. The number of ether oxygens (including phenoxy) is 3. The van der Waals surface area contributed by atoms with Gasteiger partial charge in [-0.1, -0.05) is 0 Å². The molecule has 6 nitrogen and oxygen atoms in total. The van der Waals surface area contributed by atoms with E-state index in [1.54, 1.807) is 7.11 Å². The molecule has 1 heterocycles. The van der Waals surface area contributed by atoms with E-state index in [4.69, 9.17) is 19.3 Å². The van der Waals surface area contributed by atoms with Crippen molar-refractivity contribution < 1.29 is 24.1 Å². The Labute approximate surface area is 108 Å². The van der Waals surface area contributed by atoms with Crippen LogP contribution in [0.25, 0.3) is 0 Å². The Kier molecular flexibility index (Phi) is 6.01. The van der Waals surface area contributed by atoms with Gasteiger partial charge in [0.15, 0.2) is 0 Å². The normalized spacial score (nSPS) is 23.7. The number of nitrogens with one attached hydrogen (secondary N) is 1. The molecule has 1 aliphatic heterocycles. The van der Waals surface area contributed by atoms with Crippen LogP contribution in [0.15, 0.2) is 0 Å². The van der Waals surface area contributed by atoms with Crippen LogP contribution in [0.3, 0.4) is 0 Å². The molecular formula is C12H23NO5. The van der Waals surface area contributed by atoms with Crippen molar-refractivity contribution in [1.82, 2.24) is 5.32 Å². The number of methoxy groups -OCH3 is 1. The monoisotopic (exact) mass is 261 g/mol. The molecule has 0 aromatic rings. The largest absolute Gasteiger partial charge is 0.396 e. The Morgan fingerprint density at radius 2 is 2.11 bits per heavy atom. The molecule has 0 spiro atoms. The van der Waals surface area contributed by atoms with Gasteiger partial charge >= 0.3 is 0 Å². The third-order valence-corrected chi connectivity index (χ3v) is 3.15. The van der Waals surface area contributed by atoms with Gasteiger partial charge in [-0.15, -0.1) is 0 Å². The second-order valence-corrected chi connectivity index (χ2v) is 4.87. The van der Waals surface area contributed by atoms with Crippen LogP contribution >= 0.6 is 0 Å². The molecule has 1 amide bonds. The summed E-state index contributed by atoms with van der Waals surface area (Å²) in [6.45, 7) is 4.89. The highest BCUT2D eigenvalue weighted by Gasteiger charge is 2.49. The number of hydrogen-bond acceptors (Lipinski definition) is 5. The fourth-order valence-electron chi connectivity index (χ4n) is 2.10. The van der Waals surface area contributed by atoms with Gasteiger partial charge in [-0.05, 0) is 20.3 Å². The molecule has 1 aliphatic rings. The lowest BCUT2D eigenvalue weighted by Gasteiger charge is -2.45. The summed E-state index contributed by atoms with van der Waals surface area (Å²) in [6.07, 6.45) is 0.549. The van der Waals surface area contributed by atoms with Crippen molar-refractivity contribution in [2.24, 2.45) is 5.92 Å². The summed E-state index contributed by atoms with van der Waals surface area (Å²) >= 11 is 0. The van der Waals surface area contributed by atoms with Crippen LogP contribution < -0.4 is 5.32 Å². The SMILES string of the molecule is COCCOCOC(C)(C)C1C(=O)NC1CCO. The summed E-state index contributed by atoms with van der Waals surface area (Å²) < 4.78 is 15.7. The molecule has 0 aromatic heterocycles. The van der Waals surface area contributed by atoms with E-state index in [-0.39, 0.29) is 31.3 Å². The number of carbonyl (C=O) groups is 1. The van der Waals surface area contributed by atoms with Crippen LogP contribution in [0.2, 0.25) is 0 Å². The highest BCUT2D eigenvalue weighted by atomic mass is 16.7. The van der Waals surface area contributed by atoms with Crippen LogP contribution in [-0.2, 0) is 19.0 Å². The van der Waals surface area contributed by atoms with Gasteiger partial charge in [-0.3, -0.25) is 4.79 Å².